The molecule has 0 aromatic heterocycles. The molecule has 0 unspecified atom stereocenters. The van der Waals surface area contributed by atoms with Crippen LogP contribution in [0.1, 0.15) is 29.9 Å². The van der Waals surface area contributed by atoms with Gasteiger partial charge in [0.1, 0.15) is 0 Å². The number of rotatable bonds is 2. The summed E-state index contributed by atoms with van der Waals surface area (Å²) in [6, 6.07) is 6.53. The Morgan fingerprint density at radius 2 is 2.17 bits per heavy atom. The molecular formula is C10H12BrN. The molecule has 0 amide bonds. The highest BCUT2D eigenvalue weighted by atomic mass is 79.9. The third-order valence-corrected chi connectivity index (χ3v) is 3.08. The van der Waals surface area contributed by atoms with Crippen LogP contribution in [-0.4, -0.2) is 0 Å². The van der Waals surface area contributed by atoms with Crippen LogP contribution in [0.3, 0.4) is 0 Å². The predicted octanol–water partition coefficient (Wildman–Crippen LogP) is 2.79. The van der Waals surface area contributed by atoms with Crippen molar-refractivity contribution in [3.63, 3.8) is 0 Å². The smallest absolute Gasteiger partial charge is 0.0223 e. The third-order valence-electron chi connectivity index (χ3n) is 2.35. The minimum absolute atomic E-state index is 0.617. The van der Waals surface area contributed by atoms with Crippen LogP contribution in [0, 0.1) is 0 Å². The molecule has 0 atom stereocenters. The minimum atomic E-state index is 0.617. The van der Waals surface area contributed by atoms with Crippen molar-refractivity contribution in [2.75, 3.05) is 0 Å². The lowest BCUT2D eigenvalue weighted by molar-refractivity contribution is 1.04. The zero-order valence-electron chi connectivity index (χ0n) is 6.89. The highest BCUT2D eigenvalue weighted by Crippen LogP contribution is 2.41. The molecule has 0 radical (unpaired) electrons. The van der Waals surface area contributed by atoms with Gasteiger partial charge < -0.3 is 5.73 Å². The number of halogens is 1. The quantitative estimate of drug-likeness (QED) is 0.824. The molecule has 0 bridgehead atoms. The Labute approximate surface area is 81.1 Å². The second-order valence-corrected chi connectivity index (χ2v) is 4.18. The van der Waals surface area contributed by atoms with E-state index in [1.54, 1.807) is 0 Å². The van der Waals surface area contributed by atoms with Gasteiger partial charge in [0.25, 0.3) is 0 Å². The Kier molecular flexibility index (Phi) is 2.20. The fraction of sp³-hybridized carbons (Fsp3) is 0.400. The van der Waals surface area contributed by atoms with E-state index in [1.165, 1.54) is 24.0 Å². The van der Waals surface area contributed by atoms with Gasteiger partial charge in [-0.05, 0) is 36.0 Å². The molecule has 1 aromatic rings. The van der Waals surface area contributed by atoms with Crippen molar-refractivity contribution in [2.45, 2.75) is 25.3 Å². The number of benzene rings is 1. The van der Waals surface area contributed by atoms with Crippen molar-refractivity contribution in [3.05, 3.63) is 33.8 Å². The van der Waals surface area contributed by atoms with E-state index < -0.39 is 0 Å². The SMILES string of the molecule is NCc1ccc(C2CC2)cc1Br. The van der Waals surface area contributed by atoms with Crippen molar-refractivity contribution >= 4 is 15.9 Å². The minimum Gasteiger partial charge on any atom is -0.326 e. The Morgan fingerprint density at radius 3 is 2.67 bits per heavy atom. The van der Waals surface area contributed by atoms with Gasteiger partial charge in [-0.2, -0.15) is 0 Å². The van der Waals surface area contributed by atoms with Gasteiger partial charge in [-0.1, -0.05) is 28.1 Å². The van der Waals surface area contributed by atoms with Crippen LogP contribution < -0.4 is 5.73 Å². The van der Waals surface area contributed by atoms with E-state index in [-0.39, 0.29) is 0 Å². The zero-order valence-corrected chi connectivity index (χ0v) is 8.47. The molecule has 2 N–H and O–H groups in total. The van der Waals surface area contributed by atoms with Gasteiger partial charge in [0.05, 0.1) is 0 Å². The number of hydrogen-bond acceptors (Lipinski definition) is 1. The summed E-state index contributed by atoms with van der Waals surface area (Å²) in [6.45, 7) is 0.617. The maximum atomic E-state index is 5.56. The maximum Gasteiger partial charge on any atom is 0.0223 e. The summed E-state index contributed by atoms with van der Waals surface area (Å²) in [5.41, 5.74) is 8.21. The third kappa shape index (κ3) is 1.54. The van der Waals surface area contributed by atoms with E-state index in [1.807, 2.05) is 0 Å². The van der Waals surface area contributed by atoms with Gasteiger partial charge in [-0.15, -0.1) is 0 Å². The molecule has 1 nitrogen and oxygen atoms in total. The normalized spacial score (nSPS) is 16.5. The highest BCUT2D eigenvalue weighted by molar-refractivity contribution is 9.10. The van der Waals surface area contributed by atoms with Gasteiger partial charge in [0, 0.05) is 11.0 Å². The summed E-state index contributed by atoms with van der Waals surface area (Å²) in [5, 5.41) is 0. The van der Waals surface area contributed by atoms with E-state index in [0.29, 0.717) is 6.54 Å². The lowest BCUT2D eigenvalue weighted by Crippen LogP contribution is -1.97. The summed E-state index contributed by atoms with van der Waals surface area (Å²) in [5.74, 6) is 0.827. The average molecular weight is 226 g/mol. The van der Waals surface area contributed by atoms with E-state index >= 15 is 0 Å². The first kappa shape index (κ1) is 8.27. The first-order valence-corrected chi connectivity index (χ1v) is 5.09. The molecule has 1 aliphatic rings. The van der Waals surface area contributed by atoms with Crippen molar-refractivity contribution in [1.82, 2.24) is 0 Å². The average Bonchev–Trinajstić information content (AvgIpc) is 2.86. The van der Waals surface area contributed by atoms with Crippen LogP contribution in [0.4, 0.5) is 0 Å². The number of hydrogen-bond donors (Lipinski definition) is 1. The van der Waals surface area contributed by atoms with Crippen LogP contribution >= 0.6 is 15.9 Å². The molecule has 2 heteroatoms. The largest absolute Gasteiger partial charge is 0.326 e. The van der Waals surface area contributed by atoms with Crippen molar-refractivity contribution in [1.29, 1.82) is 0 Å². The predicted molar refractivity (Wildman–Crippen MR) is 54.0 cm³/mol. The molecule has 0 spiro atoms. The maximum absolute atomic E-state index is 5.56. The Hall–Kier alpha value is -0.340. The van der Waals surface area contributed by atoms with Crippen LogP contribution in [-0.2, 0) is 6.54 Å². The molecule has 0 saturated heterocycles. The molecule has 1 saturated carbocycles. The van der Waals surface area contributed by atoms with E-state index in [2.05, 4.69) is 34.1 Å². The summed E-state index contributed by atoms with van der Waals surface area (Å²) in [7, 11) is 0. The molecule has 2 rings (SSSR count). The zero-order chi connectivity index (χ0) is 8.55. The van der Waals surface area contributed by atoms with Crippen molar-refractivity contribution in [3.8, 4) is 0 Å². The van der Waals surface area contributed by atoms with Gasteiger partial charge in [-0.3, -0.25) is 0 Å². The lowest BCUT2D eigenvalue weighted by Gasteiger charge is -2.03. The van der Waals surface area contributed by atoms with Gasteiger partial charge in [0.2, 0.25) is 0 Å². The standard InChI is InChI=1S/C10H12BrN/c11-10-5-8(7-1-2-7)3-4-9(10)6-12/h3-5,7H,1-2,6,12H2. The van der Waals surface area contributed by atoms with Crippen LogP contribution in [0.2, 0.25) is 0 Å². The molecule has 1 aromatic carbocycles. The second-order valence-electron chi connectivity index (χ2n) is 3.33. The van der Waals surface area contributed by atoms with Crippen LogP contribution in [0.5, 0.6) is 0 Å². The molecule has 1 aliphatic carbocycles. The molecule has 0 heterocycles. The number of nitrogens with two attached hydrogens (primary N) is 1. The molecular weight excluding hydrogens is 214 g/mol. The van der Waals surface area contributed by atoms with Gasteiger partial charge in [0.15, 0.2) is 0 Å². The molecule has 64 valence electrons. The summed E-state index contributed by atoms with van der Waals surface area (Å²) >= 11 is 3.52. The summed E-state index contributed by atoms with van der Waals surface area (Å²) in [6.07, 6.45) is 2.71. The van der Waals surface area contributed by atoms with Gasteiger partial charge >= 0.3 is 0 Å². The first-order valence-electron chi connectivity index (χ1n) is 4.29. The highest BCUT2D eigenvalue weighted by Gasteiger charge is 2.23. The Balaban J connectivity index is 2.30. The van der Waals surface area contributed by atoms with Gasteiger partial charge in [-0.25, -0.2) is 0 Å². The van der Waals surface area contributed by atoms with E-state index in [4.69, 9.17) is 5.73 Å². The summed E-state index contributed by atoms with van der Waals surface area (Å²) < 4.78 is 1.16. The second kappa shape index (κ2) is 3.19. The van der Waals surface area contributed by atoms with E-state index in [0.717, 1.165) is 10.4 Å². The summed E-state index contributed by atoms with van der Waals surface area (Å²) in [4.78, 5) is 0. The van der Waals surface area contributed by atoms with Crippen LogP contribution in [0.15, 0.2) is 22.7 Å². The van der Waals surface area contributed by atoms with E-state index in [9.17, 15) is 0 Å². The first-order chi connectivity index (χ1) is 5.81. The van der Waals surface area contributed by atoms with Crippen molar-refractivity contribution < 1.29 is 0 Å². The monoisotopic (exact) mass is 225 g/mol. The fourth-order valence-corrected chi connectivity index (χ4v) is 1.96. The molecule has 1 fully saturated rings. The Morgan fingerprint density at radius 1 is 1.42 bits per heavy atom. The van der Waals surface area contributed by atoms with Crippen molar-refractivity contribution in [2.24, 2.45) is 5.73 Å². The topological polar surface area (TPSA) is 26.0 Å². The molecule has 0 aliphatic heterocycles. The Bertz CT molecular complexity index is 292. The fourth-order valence-electron chi connectivity index (χ4n) is 1.40. The lowest BCUT2D eigenvalue weighted by atomic mass is 10.1. The molecule has 12 heavy (non-hydrogen) atoms. The van der Waals surface area contributed by atoms with Crippen LogP contribution in [0.25, 0.3) is 0 Å².